The molecular formula is C21H22F3NO6S. The molecule has 2 aromatic carbocycles. The number of nitrogens with zero attached hydrogens (tertiary/aromatic N) is 1. The number of hydrogen-bond donors (Lipinski definition) is 0. The maximum absolute atomic E-state index is 13.3. The van der Waals surface area contributed by atoms with E-state index in [1.165, 1.54) is 28.3 Å². The number of carbonyl (C=O) groups excluding carboxylic acids is 1. The van der Waals surface area contributed by atoms with Crippen LogP contribution in [-0.4, -0.2) is 39.8 Å². The van der Waals surface area contributed by atoms with Crippen molar-refractivity contribution in [2.75, 3.05) is 21.3 Å². The van der Waals surface area contributed by atoms with Crippen LogP contribution in [0.2, 0.25) is 0 Å². The number of benzene rings is 2. The van der Waals surface area contributed by atoms with Gasteiger partial charge in [-0.25, -0.2) is 8.42 Å². The van der Waals surface area contributed by atoms with E-state index in [4.69, 9.17) is 14.2 Å². The number of alkyl halides is 3. The van der Waals surface area contributed by atoms with E-state index >= 15 is 0 Å². The van der Waals surface area contributed by atoms with Gasteiger partial charge in [0.05, 0.1) is 37.8 Å². The van der Waals surface area contributed by atoms with Crippen molar-refractivity contribution < 1.29 is 40.6 Å². The van der Waals surface area contributed by atoms with Crippen LogP contribution in [0.4, 0.5) is 13.2 Å². The van der Waals surface area contributed by atoms with Crippen LogP contribution >= 0.6 is 0 Å². The Kier molecular flexibility index (Phi) is 6.43. The zero-order valence-corrected chi connectivity index (χ0v) is 18.6. The molecule has 174 valence electrons. The molecule has 1 atom stereocenters. The van der Waals surface area contributed by atoms with Crippen molar-refractivity contribution in [3.63, 3.8) is 0 Å². The lowest BCUT2D eigenvalue weighted by atomic mass is 9.99. The maximum atomic E-state index is 13.3. The molecule has 7 nitrogen and oxygen atoms in total. The van der Waals surface area contributed by atoms with E-state index in [0.29, 0.717) is 22.8 Å². The van der Waals surface area contributed by atoms with Crippen LogP contribution in [0, 0.1) is 0 Å². The van der Waals surface area contributed by atoms with Gasteiger partial charge in [0.1, 0.15) is 5.78 Å². The van der Waals surface area contributed by atoms with Gasteiger partial charge >= 0.3 is 6.18 Å². The van der Waals surface area contributed by atoms with Gasteiger partial charge in [-0.2, -0.15) is 17.5 Å². The molecule has 32 heavy (non-hydrogen) atoms. The Morgan fingerprint density at radius 3 is 2.09 bits per heavy atom. The Labute approximate surface area is 183 Å². The number of halogens is 3. The fourth-order valence-electron chi connectivity index (χ4n) is 3.75. The monoisotopic (exact) mass is 473 g/mol. The Bertz CT molecular complexity index is 1120. The number of methoxy groups -OCH3 is 3. The molecule has 1 heterocycles. The third-order valence-electron chi connectivity index (χ3n) is 5.17. The number of hydrogen-bond acceptors (Lipinski definition) is 6. The van der Waals surface area contributed by atoms with Crippen LogP contribution in [0.3, 0.4) is 0 Å². The molecule has 0 bridgehead atoms. The maximum Gasteiger partial charge on any atom is 0.416 e. The Balaban J connectivity index is 2.12. The van der Waals surface area contributed by atoms with Crippen LogP contribution in [-0.2, 0) is 27.5 Å². The van der Waals surface area contributed by atoms with Crippen molar-refractivity contribution in [2.45, 2.75) is 37.0 Å². The second kappa shape index (κ2) is 8.62. The third kappa shape index (κ3) is 4.26. The lowest BCUT2D eigenvalue weighted by molar-refractivity contribution is -0.137. The Morgan fingerprint density at radius 2 is 1.62 bits per heavy atom. The Hall–Kier alpha value is -2.79. The molecule has 0 amide bonds. The minimum atomic E-state index is -4.65. The smallest absolute Gasteiger partial charge is 0.416 e. The first-order valence-corrected chi connectivity index (χ1v) is 10.9. The highest BCUT2D eigenvalue weighted by molar-refractivity contribution is 7.89. The van der Waals surface area contributed by atoms with E-state index in [-0.39, 0.29) is 29.2 Å². The predicted octanol–water partition coefficient (Wildman–Crippen LogP) is 3.96. The average Bonchev–Trinajstić information content (AvgIpc) is 2.92. The van der Waals surface area contributed by atoms with E-state index in [0.717, 1.165) is 22.5 Å². The first kappa shape index (κ1) is 23.9. The minimum absolute atomic E-state index is 0.0533. The van der Waals surface area contributed by atoms with Crippen molar-refractivity contribution >= 4 is 15.8 Å². The van der Waals surface area contributed by atoms with Gasteiger partial charge in [-0.15, -0.1) is 0 Å². The molecule has 1 aliphatic heterocycles. The number of fused-ring (bicyclic) bond motifs is 1. The highest BCUT2D eigenvalue weighted by atomic mass is 32.2. The summed E-state index contributed by atoms with van der Waals surface area (Å²) in [6.45, 7) is 1.04. The number of carbonyl (C=O) groups is 1. The van der Waals surface area contributed by atoms with Crippen LogP contribution < -0.4 is 14.2 Å². The van der Waals surface area contributed by atoms with Crippen molar-refractivity contribution in [1.29, 1.82) is 0 Å². The van der Waals surface area contributed by atoms with Gasteiger partial charge in [-0.3, -0.25) is 4.79 Å². The second-order valence-electron chi connectivity index (χ2n) is 7.26. The minimum Gasteiger partial charge on any atom is -0.493 e. The summed E-state index contributed by atoms with van der Waals surface area (Å²) in [6, 6.07) is 4.49. The van der Waals surface area contributed by atoms with Gasteiger partial charge in [0.15, 0.2) is 11.5 Å². The largest absolute Gasteiger partial charge is 0.493 e. The zero-order chi connectivity index (χ0) is 23.8. The van der Waals surface area contributed by atoms with Crippen LogP contribution in [0.1, 0.15) is 36.1 Å². The Morgan fingerprint density at radius 1 is 1.03 bits per heavy atom. The summed E-state index contributed by atoms with van der Waals surface area (Å²) in [5, 5.41) is 0. The molecule has 0 aliphatic carbocycles. The second-order valence-corrected chi connectivity index (χ2v) is 9.12. The van der Waals surface area contributed by atoms with Crippen molar-refractivity contribution in [3.05, 3.63) is 47.0 Å². The van der Waals surface area contributed by atoms with Gasteiger partial charge < -0.3 is 14.2 Å². The highest BCUT2D eigenvalue weighted by Crippen LogP contribution is 2.46. The zero-order valence-electron chi connectivity index (χ0n) is 17.8. The van der Waals surface area contributed by atoms with Gasteiger partial charge in [-0.1, -0.05) is 0 Å². The molecule has 0 fully saturated rings. The summed E-state index contributed by atoms with van der Waals surface area (Å²) < 4.78 is 83.1. The van der Waals surface area contributed by atoms with E-state index < -0.39 is 27.8 Å². The lowest BCUT2D eigenvalue weighted by Gasteiger charge is -2.24. The predicted molar refractivity (Wildman–Crippen MR) is 108 cm³/mol. The molecule has 0 N–H and O–H groups in total. The highest BCUT2D eigenvalue weighted by Gasteiger charge is 2.44. The quantitative estimate of drug-likeness (QED) is 0.606. The van der Waals surface area contributed by atoms with Gasteiger partial charge in [0.2, 0.25) is 15.8 Å². The first-order chi connectivity index (χ1) is 14.9. The van der Waals surface area contributed by atoms with Crippen LogP contribution in [0.5, 0.6) is 17.2 Å². The molecule has 3 rings (SSSR count). The summed E-state index contributed by atoms with van der Waals surface area (Å²) >= 11 is 0. The summed E-state index contributed by atoms with van der Waals surface area (Å²) in [7, 11) is 0.0708. The molecule has 0 saturated heterocycles. The molecule has 0 unspecified atom stereocenters. The lowest BCUT2D eigenvalue weighted by Crippen LogP contribution is -2.29. The standard InChI is InChI=1S/C21H22F3NO6S/c1-12(26)7-16-15-10-14(21(22,23)24)5-6-19(15)32(27,28)25(16)11-13-8-17(29-2)20(31-4)18(9-13)30-3/h5-6,8-10,16H,7,11H2,1-4H3/t16-/m0/s1. The summed E-state index contributed by atoms with van der Waals surface area (Å²) in [6.07, 6.45) is -4.92. The van der Waals surface area contributed by atoms with Crippen molar-refractivity contribution in [1.82, 2.24) is 4.31 Å². The molecule has 2 aromatic rings. The molecule has 0 radical (unpaired) electrons. The first-order valence-electron chi connectivity index (χ1n) is 9.45. The fourth-order valence-corrected chi connectivity index (χ4v) is 5.58. The summed E-state index contributed by atoms with van der Waals surface area (Å²) in [4.78, 5) is 11.6. The number of rotatable bonds is 7. The summed E-state index contributed by atoms with van der Waals surface area (Å²) in [5.41, 5.74) is -0.586. The average molecular weight is 473 g/mol. The fraction of sp³-hybridized carbons (Fsp3) is 0.381. The van der Waals surface area contributed by atoms with Crippen LogP contribution in [0.15, 0.2) is 35.2 Å². The van der Waals surface area contributed by atoms with E-state index in [1.807, 2.05) is 0 Å². The third-order valence-corrected chi connectivity index (χ3v) is 7.10. The summed E-state index contributed by atoms with van der Waals surface area (Å²) in [5.74, 6) is 0.531. The van der Waals surface area contributed by atoms with Crippen LogP contribution in [0.25, 0.3) is 0 Å². The number of Topliss-reactive ketones (excluding diaryl/α,β-unsaturated/α-hetero) is 1. The number of ketones is 1. The van der Waals surface area contributed by atoms with Gasteiger partial charge in [0, 0.05) is 13.0 Å². The SMILES string of the molecule is COc1cc(CN2[C@@H](CC(C)=O)c3cc(C(F)(F)F)ccc3S2(=O)=O)cc(OC)c1OC. The van der Waals surface area contributed by atoms with Crippen molar-refractivity contribution in [3.8, 4) is 17.2 Å². The number of ether oxygens (including phenoxy) is 3. The van der Waals surface area contributed by atoms with Gasteiger partial charge in [-0.05, 0) is 48.4 Å². The number of sulfonamides is 1. The normalized spacial score (nSPS) is 17.7. The van der Waals surface area contributed by atoms with Crippen molar-refractivity contribution in [2.24, 2.45) is 0 Å². The van der Waals surface area contributed by atoms with E-state index in [1.54, 1.807) is 12.1 Å². The molecule has 0 saturated carbocycles. The molecule has 11 heteroatoms. The molecule has 0 aromatic heterocycles. The van der Waals surface area contributed by atoms with E-state index in [9.17, 15) is 26.4 Å². The molecular weight excluding hydrogens is 451 g/mol. The topological polar surface area (TPSA) is 82.1 Å². The molecule has 1 aliphatic rings. The van der Waals surface area contributed by atoms with Gasteiger partial charge in [0.25, 0.3) is 0 Å². The molecule has 0 spiro atoms. The van der Waals surface area contributed by atoms with E-state index in [2.05, 4.69) is 0 Å².